The van der Waals surface area contributed by atoms with Crippen molar-refractivity contribution in [3.63, 3.8) is 0 Å². The van der Waals surface area contributed by atoms with Crippen molar-refractivity contribution in [3.05, 3.63) is 60.1 Å². The van der Waals surface area contributed by atoms with Crippen LogP contribution in [-0.2, 0) is 10.0 Å². The van der Waals surface area contributed by atoms with E-state index in [0.29, 0.717) is 17.2 Å². The Morgan fingerprint density at radius 3 is 2.40 bits per heavy atom. The molecule has 1 N–H and O–H groups in total. The van der Waals surface area contributed by atoms with Crippen LogP contribution >= 0.6 is 11.3 Å². The molecule has 0 aliphatic carbocycles. The molecule has 1 saturated heterocycles. The maximum atomic E-state index is 12.8. The van der Waals surface area contributed by atoms with E-state index in [1.807, 2.05) is 17.5 Å². The maximum Gasteiger partial charge on any atom is 0.240 e. The highest BCUT2D eigenvalue weighted by molar-refractivity contribution is 7.89. The van der Waals surface area contributed by atoms with Crippen LogP contribution in [-0.4, -0.2) is 39.6 Å². The Hall–Kier alpha value is -2.62. The van der Waals surface area contributed by atoms with Crippen molar-refractivity contribution in [3.8, 4) is 17.2 Å². The number of sulfonamides is 1. The second-order valence-electron chi connectivity index (χ2n) is 6.92. The Morgan fingerprint density at radius 1 is 1.07 bits per heavy atom. The summed E-state index contributed by atoms with van der Waals surface area (Å²) in [5.41, 5.74) is 0. The molecule has 1 aliphatic heterocycles. The number of benzene rings is 2. The van der Waals surface area contributed by atoms with Crippen molar-refractivity contribution in [1.82, 2.24) is 9.71 Å². The van der Waals surface area contributed by atoms with E-state index in [0.717, 1.165) is 31.1 Å². The fourth-order valence-electron chi connectivity index (χ4n) is 3.37. The summed E-state index contributed by atoms with van der Waals surface area (Å²) in [5, 5.41) is 2.94. The average molecular weight is 446 g/mol. The summed E-state index contributed by atoms with van der Waals surface area (Å²) < 4.78 is 39.5. The summed E-state index contributed by atoms with van der Waals surface area (Å²) in [6, 6.07) is 13.6. The largest absolute Gasteiger partial charge is 0.493 e. The number of para-hydroxylation sites is 2. The summed E-state index contributed by atoms with van der Waals surface area (Å²) in [4.78, 5) is 6.74. The lowest BCUT2D eigenvalue weighted by molar-refractivity contribution is 0.379. The summed E-state index contributed by atoms with van der Waals surface area (Å²) in [6.45, 7) is 1.57. The Morgan fingerprint density at radius 2 is 1.77 bits per heavy atom. The fourth-order valence-corrected chi connectivity index (χ4v) is 5.37. The minimum Gasteiger partial charge on any atom is -0.493 e. The molecule has 2 heterocycles. The van der Waals surface area contributed by atoms with Crippen molar-refractivity contribution in [2.24, 2.45) is 0 Å². The summed E-state index contributed by atoms with van der Waals surface area (Å²) in [7, 11) is -2.02. The van der Waals surface area contributed by atoms with E-state index >= 15 is 0 Å². The van der Waals surface area contributed by atoms with Crippen LogP contribution in [0.3, 0.4) is 0 Å². The lowest BCUT2D eigenvalue weighted by Crippen LogP contribution is -2.44. The van der Waals surface area contributed by atoms with Gasteiger partial charge in [0.25, 0.3) is 0 Å². The molecule has 0 atom stereocenters. The first-order valence-electron chi connectivity index (χ1n) is 9.63. The van der Waals surface area contributed by atoms with E-state index in [9.17, 15) is 8.42 Å². The van der Waals surface area contributed by atoms with Gasteiger partial charge in [0, 0.05) is 30.7 Å². The highest BCUT2D eigenvalue weighted by Crippen LogP contribution is 2.31. The maximum absolute atomic E-state index is 12.8. The van der Waals surface area contributed by atoms with Crippen molar-refractivity contribution in [2.45, 2.75) is 23.8 Å². The lowest BCUT2D eigenvalue weighted by Gasteiger charge is -2.31. The quantitative estimate of drug-likeness (QED) is 0.594. The summed E-state index contributed by atoms with van der Waals surface area (Å²) in [5.74, 6) is 1.72. The van der Waals surface area contributed by atoms with Gasteiger partial charge in [-0.1, -0.05) is 12.1 Å². The van der Waals surface area contributed by atoms with Gasteiger partial charge in [-0.05, 0) is 49.2 Å². The smallest absolute Gasteiger partial charge is 0.240 e. The topological polar surface area (TPSA) is 80.8 Å². The van der Waals surface area contributed by atoms with Crippen molar-refractivity contribution in [2.75, 3.05) is 25.1 Å². The molecule has 3 aromatic rings. The summed E-state index contributed by atoms with van der Waals surface area (Å²) in [6.07, 6.45) is 3.28. The first-order chi connectivity index (χ1) is 14.5. The van der Waals surface area contributed by atoms with E-state index in [1.54, 1.807) is 61.0 Å². The SMILES string of the molecule is COc1ccccc1Oc1ccc(S(=O)(=O)NC2CCN(c3nccs3)CC2)cc1. The van der Waals surface area contributed by atoms with Gasteiger partial charge in [0.15, 0.2) is 16.6 Å². The van der Waals surface area contributed by atoms with Gasteiger partial charge >= 0.3 is 0 Å². The number of hydrogen-bond donors (Lipinski definition) is 1. The predicted octanol–water partition coefficient (Wildman–Crippen LogP) is 3.89. The molecule has 0 unspecified atom stereocenters. The van der Waals surface area contributed by atoms with Gasteiger partial charge in [-0.25, -0.2) is 18.1 Å². The Labute approximate surface area is 180 Å². The molecular weight excluding hydrogens is 422 g/mol. The average Bonchev–Trinajstić information content (AvgIpc) is 3.30. The number of rotatable bonds is 7. The number of ether oxygens (including phenoxy) is 2. The molecule has 158 valence electrons. The number of hydrogen-bond acceptors (Lipinski definition) is 7. The Kier molecular flexibility index (Phi) is 6.21. The predicted molar refractivity (Wildman–Crippen MR) is 117 cm³/mol. The van der Waals surface area contributed by atoms with Gasteiger partial charge in [-0.2, -0.15) is 0 Å². The number of nitrogens with zero attached hydrogens (tertiary/aromatic N) is 2. The fraction of sp³-hybridized carbons (Fsp3) is 0.286. The third-order valence-electron chi connectivity index (χ3n) is 4.94. The van der Waals surface area contributed by atoms with Crippen LogP contribution in [0.25, 0.3) is 0 Å². The molecule has 0 saturated carbocycles. The van der Waals surface area contributed by atoms with Crippen molar-refractivity contribution in [1.29, 1.82) is 0 Å². The van der Waals surface area contributed by atoms with E-state index in [2.05, 4.69) is 14.6 Å². The van der Waals surface area contributed by atoms with Gasteiger partial charge in [-0.15, -0.1) is 11.3 Å². The van der Waals surface area contributed by atoms with E-state index in [1.165, 1.54) is 0 Å². The van der Waals surface area contributed by atoms with Gasteiger partial charge < -0.3 is 14.4 Å². The molecule has 0 spiro atoms. The third-order valence-corrected chi connectivity index (χ3v) is 7.31. The number of aromatic nitrogens is 1. The zero-order valence-corrected chi connectivity index (χ0v) is 18.2. The van der Waals surface area contributed by atoms with Crippen molar-refractivity contribution < 1.29 is 17.9 Å². The number of thiazole rings is 1. The highest BCUT2D eigenvalue weighted by atomic mass is 32.2. The first-order valence-corrected chi connectivity index (χ1v) is 12.0. The first kappa shape index (κ1) is 20.6. The monoisotopic (exact) mass is 445 g/mol. The second kappa shape index (κ2) is 9.03. The molecule has 1 aromatic heterocycles. The number of nitrogens with one attached hydrogen (secondary N) is 1. The number of methoxy groups -OCH3 is 1. The van der Waals surface area contributed by atoms with Crippen LogP contribution in [0.15, 0.2) is 65.0 Å². The van der Waals surface area contributed by atoms with E-state index in [-0.39, 0.29) is 10.9 Å². The molecule has 2 aromatic carbocycles. The molecule has 9 heteroatoms. The van der Waals surface area contributed by atoms with Crippen LogP contribution in [0, 0.1) is 0 Å². The van der Waals surface area contributed by atoms with Crippen molar-refractivity contribution >= 4 is 26.5 Å². The number of piperidine rings is 1. The zero-order chi connectivity index (χ0) is 21.0. The molecule has 0 bridgehead atoms. The van der Waals surface area contributed by atoms with Crippen LogP contribution in [0.1, 0.15) is 12.8 Å². The highest BCUT2D eigenvalue weighted by Gasteiger charge is 2.25. The molecule has 0 radical (unpaired) electrons. The van der Waals surface area contributed by atoms with Gasteiger partial charge in [0.1, 0.15) is 5.75 Å². The van der Waals surface area contributed by atoms with Crippen LogP contribution in [0.5, 0.6) is 17.2 Å². The molecule has 0 amide bonds. The molecule has 4 rings (SSSR count). The van der Waals surface area contributed by atoms with Gasteiger partial charge in [0.2, 0.25) is 10.0 Å². The lowest BCUT2D eigenvalue weighted by atomic mass is 10.1. The molecular formula is C21H23N3O4S2. The standard InChI is InChI=1S/C21H23N3O4S2/c1-27-19-4-2-3-5-20(19)28-17-6-8-18(9-7-17)30(25,26)23-16-10-13-24(14-11-16)21-22-12-15-29-21/h2-9,12,15-16,23H,10-11,13-14H2,1H3. The second-order valence-corrected chi connectivity index (χ2v) is 9.51. The van der Waals surface area contributed by atoms with E-state index < -0.39 is 10.0 Å². The van der Waals surface area contributed by atoms with Gasteiger partial charge in [-0.3, -0.25) is 0 Å². The molecule has 30 heavy (non-hydrogen) atoms. The minimum absolute atomic E-state index is 0.0873. The normalized spacial score (nSPS) is 15.2. The van der Waals surface area contributed by atoms with E-state index in [4.69, 9.17) is 9.47 Å². The summed E-state index contributed by atoms with van der Waals surface area (Å²) >= 11 is 1.60. The van der Waals surface area contributed by atoms with Crippen LogP contribution in [0.4, 0.5) is 5.13 Å². The van der Waals surface area contributed by atoms with Crippen LogP contribution in [0.2, 0.25) is 0 Å². The third kappa shape index (κ3) is 4.75. The van der Waals surface area contributed by atoms with Crippen LogP contribution < -0.4 is 19.1 Å². The Bertz CT molecular complexity index is 1060. The Balaban J connectivity index is 1.37. The minimum atomic E-state index is -3.60. The van der Waals surface area contributed by atoms with Gasteiger partial charge in [0.05, 0.1) is 12.0 Å². The zero-order valence-electron chi connectivity index (χ0n) is 16.5. The number of anilines is 1. The molecule has 1 aliphatic rings. The molecule has 1 fully saturated rings. The molecule has 7 nitrogen and oxygen atoms in total.